The van der Waals surface area contributed by atoms with Gasteiger partial charge in [0.05, 0.1) is 12.6 Å². The first kappa shape index (κ1) is 21.6. The molecule has 0 amide bonds. The Bertz CT molecular complexity index is 1220. The second-order valence-corrected chi connectivity index (χ2v) is 9.56. The molecule has 1 aliphatic rings. The summed E-state index contributed by atoms with van der Waals surface area (Å²) in [5.74, 6) is -0.191. The molecule has 1 aromatic heterocycles. The molecule has 1 fully saturated rings. The van der Waals surface area contributed by atoms with Gasteiger partial charge in [0.2, 0.25) is 0 Å². The van der Waals surface area contributed by atoms with Crippen LogP contribution < -0.4 is 0 Å². The first-order valence-electron chi connectivity index (χ1n) is 11.1. The second kappa shape index (κ2) is 9.32. The van der Waals surface area contributed by atoms with Gasteiger partial charge < -0.3 is 9.67 Å². The van der Waals surface area contributed by atoms with E-state index >= 15 is 0 Å². The molecule has 2 heterocycles. The maximum Gasteiger partial charge on any atom is 0.123 e. The molecule has 4 aromatic rings. The molecule has 4 nitrogen and oxygen atoms in total. The molecule has 32 heavy (non-hydrogen) atoms. The zero-order chi connectivity index (χ0) is 22.1. The maximum atomic E-state index is 13.1. The monoisotopic (exact) mass is 495 g/mol. The van der Waals surface area contributed by atoms with Crippen molar-refractivity contribution in [2.45, 2.75) is 19.2 Å². The highest BCUT2D eigenvalue weighted by atomic mass is 79.9. The first-order chi connectivity index (χ1) is 15.6. The number of nitrogens with zero attached hydrogens (tertiary/aromatic N) is 3. The van der Waals surface area contributed by atoms with Crippen molar-refractivity contribution < 1.29 is 9.50 Å². The predicted molar refractivity (Wildman–Crippen MR) is 131 cm³/mol. The summed E-state index contributed by atoms with van der Waals surface area (Å²) in [6, 6.07) is 21.5. The quantitative estimate of drug-likeness (QED) is 0.413. The number of aliphatic hydroxyl groups is 1. The van der Waals surface area contributed by atoms with Crippen LogP contribution in [-0.2, 0) is 13.1 Å². The molecule has 0 saturated carbocycles. The van der Waals surface area contributed by atoms with Gasteiger partial charge in [-0.3, -0.25) is 9.80 Å². The van der Waals surface area contributed by atoms with Crippen LogP contribution >= 0.6 is 15.9 Å². The average molecular weight is 496 g/mol. The van der Waals surface area contributed by atoms with Gasteiger partial charge in [-0.1, -0.05) is 46.3 Å². The number of piperazine rings is 1. The molecule has 1 atom stereocenters. The molecule has 1 saturated heterocycles. The topological polar surface area (TPSA) is 31.6 Å². The van der Waals surface area contributed by atoms with E-state index in [0.717, 1.165) is 53.8 Å². The molecule has 5 rings (SSSR count). The Morgan fingerprint density at radius 1 is 0.812 bits per heavy atom. The molecule has 1 unspecified atom stereocenters. The zero-order valence-electron chi connectivity index (χ0n) is 17.9. The lowest BCUT2D eigenvalue weighted by Gasteiger charge is -2.35. The van der Waals surface area contributed by atoms with E-state index in [0.29, 0.717) is 13.1 Å². The SMILES string of the molecule is OC(CN1CCN(Cc2ccc(F)cc2)CC1)Cn1c2ccccc2c2cc(Br)ccc21. The highest BCUT2D eigenvalue weighted by Gasteiger charge is 2.21. The standard InChI is InChI=1S/C26H27BrFN3O/c27-20-7-10-26-24(15-20)23-3-1-2-4-25(23)31(26)18-22(32)17-30-13-11-29(12-14-30)16-19-5-8-21(28)9-6-19/h1-10,15,22,32H,11-14,16-18H2. The number of para-hydroxylation sites is 1. The predicted octanol–water partition coefficient (Wildman–Crippen LogP) is 4.87. The summed E-state index contributed by atoms with van der Waals surface area (Å²) in [7, 11) is 0. The summed E-state index contributed by atoms with van der Waals surface area (Å²) >= 11 is 3.59. The molecule has 0 spiro atoms. The van der Waals surface area contributed by atoms with Gasteiger partial charge >= 0.3 is 0 Å². The molecular weight excluding hydrogens is 469 g/mol. The molecule has 6 heteroatoms. The molecule has 166 valence electrons. The van der Waals surface area contributed by atoms with E-state index in [9.17, 15) is 9.50 Å². The molecule has 0 bridgehead atoms. The van der Waals surface area contributed by atoms with Gasteiger partial charge in [-0.05, 0) is 42.0 Å². The third-order valence-corrected chi connectivity index (χ3v) is 6.87. The normalized spacial score (nSPS) is 16.7. The molecule has 0 aliphatic carbocycles. The van der Waals surface area contributed by atoms with Crippen LogP contribution in [0.1, 0.15) is 5.56 Å². The smallest absolute Gasteiger partial charge is 0.123 e. The van der Waals surface area contributed by atoms with Gasteiger partial charge in [-0.2, -0.15) is 0 Å². The number of benzene rings is 3. The van der Waals surface area contributed by atoms with Crippen LogP contribution in [0.25, 0.3) is 21.8 Å². The van der Waals surface area contributed by atoms with Crippen molar-refractivity contribution in [1.29, 1.82) is 0 Å². The Morgan fingerprint density at radius 2 is 1.50 bits per heavy atom. The van der Waals surface area contributed by atoms with E-state index in [1.165, 1.54) is 22.9 Å². The lowest BCUT2D eigenvalue weighted by atomic mass is 10.2. The van der Waals surface area contributed by atoms with E-state index in [1.807, 2.05) is 12.1 Å². The molecule has 3 aromatic carbocycles. The zero-order valence-corrected chi connectivity index (χ0v) is 19.5. The van der Waals surface area contributed by atoms with Crippen molar-refractivity contribution in [2.24, 2.45) is 0 Å². The lowest BCUT2D eigenvalue weighted by molar-refractivity contribution is 0.0634. The maximum absolute atomic E-state index is 13.1. The summed E-state index contributed by atoms with van der Waals surface area (Å²) in [5.41, 5.74) is 3.44. The van der Waals surface area contributed by atoms with Crippen LogP contribution in [0.3, 0.4) is 0 Å². The number of fused-ring (bicyclic) bond motifs is 3. The van der Waals surface area contributed by atoms with E-state index < -0.39 is 6.10 Å². The second-order valence-electron chi connectivity index (χ2n) is 8.65. The van der Waals surface area contributed by atoms with Crippen LogP contribution in [0.2, 0.25) is 0 Å². The minimum atomic E-state index is -0.443. The van der Waals surface area contributed by atoms with Crippen molar-refractivity contribution in [3.8, 4) is 0 Å². The minimum absolute atomic E-state index is 0.191. The van der Waals surface area contributed by atoms with Gasteiger partial charge in [0.1, 0.15) is 5.82 Å². The van der Waals surface area contributed by atoms with Crippen molar-refractivity contribution in [1.82, 2.24) is 14.4 Å². The number of hydrogen-bond acceptors (Lipinski definition) is 3. The number of aromatic nitrogens is 1. The third kappa shape index (κ3) is 4.59. The van der Waals surface area contributed by atoms with Crippen LogP contribution in [-0.4, -0.2) is 58.3 Å². The van der Waals surface area contributed by atoms with Crippen molar-refractivity contribution in [3.63, 3.8) is 0 Å². The summed E-state index contributed by atoms with van der Waals surface area (Å²) in [5, 5.41) is 13.4. The Labute approximate surface area is 196 Å². The Balaban J connectivity index is 1.22. The number of β-amino-alcohol motifs (C(OH)–C–C–N with tert-alkyl or cyclic N) is 1. The Hall–Kier alpha value is -2.25. The van der Waals surface area contributed by atoms with Crippen LogP contribution in [0.5, 0.6) is 0 Å². The summed E-state index contributed by atoms with van der Waals surface area (Å²) in [6.45, 7) is 5.84. The third-order valence-electron chi connectivity index (χ3n) is 6.38. The molecule has 1 N–H and O–H groups in total. The highest BCUT2D eigenvalue weighted by Crippen LogP contribution is 2.31. The molecule has 0 radical (unpaired) electrons. The first-order valence-corrected chi connectivity index (χ1v) is 11.9. The summed E-state index contributed by atoms with van der Waals surface area (Å²) < 4.78 is 16.4. The van der Waals surface area contributed by atoms with Gasteiger partial charge in [0.15, 0.2) is 0 Å². The largest absolute Gasteiger partial charge is 0.390 e. The van der Waals surface area contributed by atoms with E-state index in [4.69, 9.17) is 0 Å². The summed E-state index contributed by atoms with van der Waals surface area (Å²) in [4.78, 5) is 4.73. The number of rotatable bonds is 6. The lowest BCUT2D eigenvalue weighted by Crippen LogP contribution is -2.48. The van der Waals surface area contributed by atoms with Crippen molar-refractivity contribution in [2.75, 3.05) is 32.7 Å². The fourth-order valence-corrected chi connectivity index (χ4v) is 5.13. The fourth-order valence-electron chi connectivity index (χ4n) is 4.77. The Morgan fingerprint density at radius 3 is 2.28 bits per heavy atom. The number of aliphatic hydroxyl groups excluding tert-OH is 1. The van der Waals surface area contributed by atoms with Crippen LogP contribution in [0, 0.1) is 5.82 Å². The van der Waals surface area contributed by atoms with Crippen molar-refractivity contribution >= 4 is 37.7 Å². The number of halogens is 2. The van der Waals surface area contributed by atoms with Crippen LogP contribution in [0.4, 0.5) is 4.39 Å². The summed E-state index contributed by atoms with van der Waals surface area (Å²) in [6.07, 6.45) is -0.443. The fraction of sp³-hybridized carbons (Fsp3) is 0.308. The number of hydrogen-bond donors (Lipinski definition) is 1. The minimum Gasteiger partial charge on any atom is -0.390 e. The van der Waals surface area contributed by atoms with Crippen molar-refractivity contribution in [3.05, 3.63) is 82.6 Å². The van der Waals surface area contributed by atoms with E-state index in [1.54, 1.807) is 0 Å². The van der Waals surface area contributed by atoms with Gasteiger partial charge in [0, 0.05) is 65.5 Å². The van der Waals surface area contributed by atoms with Gasteiger partial charge in [-0.15, -0.1) is 0 Å². The average Bonchev–Trinajstić information content (AvgIpc) is 3.09. The van der Waals surface area contributed by atoms with Gasteiger partial charge in [0.25, 0.3) is 0 Å². The Kier molecular flexibility index (Phi) is 6.28. The van der Waals surface area contributed by atoms with Gasteiger partial charge in [-0.25, -0.2) is 4.39 Å². The molecule has 1 aliphatic heterocycles. The van der Waals surface area contributed by atoms with E-state index in [-0.39, 0.29) is 5.82 Å². The van der Waals surface area contributed by atoms with Crippen LogP contribution in [0.15, 0.2) is 71.2 Å². The highest BCUT2D eigenvalue weighted by molar-refractivity contribution is 9.10. The van der Waals surface area contributed by atoms with E-state index in [2.05, 4.69) is 72.8 Å². The molecular formula is C26H27BrFN3O.